The smallest absolute Gasteiger partial charge is 0.200 e. The Balaban J connectivity index is 2.29. The molecule has 6 heteroatoms. The van der Waals surface area contributed by atoms with E-state index in [4.69, 9.17) is 0 Å². The fraction of sp³-hybridized carbons (Fsp3) is 0.188. The van der Waals surface area contributed by atoms with E-state index in [1.165, 1.54) is 12.1 Å². The highest BCUT2D eigenvalue weighted by Gasteiger charge is 2.15. The largest absolute Gasteiger partial charge is 0.276 e. The van der Waals surface area contributed by atoms with Crippen molar-refractivity contribution in [1.82, 2.24) is 4.83 Å². The molecular formula is C16H17BrN2O2S. The average molecular weight is 381 g/mol. The Hall–Kier alpha value is -1.66. The van der Waals surface area contributed by atoms with Gasteiger partial charge in [0.15, 0.2) is 0 Å². The lowest BCUT2D eigenvalue weighted by atomic mass is 10.0. The Morgan fingerprint density at radius 3 is 2.18 bits per heavy atom. The zero-order valence-corrected chi connectivity index (χ0v) is 14.7. The number of benzene rings is 2. The van der Waals surface area contributed by atoms with Crippen LogP contribution < -0.4 is 4.83 Å². The van der Waals surface area contributed by atoms with Gasteiger partial charge in [-0.1, -0.05) is 60.1 Å². The number of hydrazone groups is 1. The summed E-state index contributed by atoms with van der Waals surface area (Å²) >= 11 is 3.28. The van der Waals surface area contributed by atoms with E-state index in [1.807, 2.05) is 44.2 Å². The van der Waals surface area contributed by atoms with Crippen LogP contribution in [0, 0.1) is 5.92 Å². The summed E-state index contributed by atoms with van der Waals surface area (Å²) in [5.74, 6) is 0.0926. The lowest BCUT2D eigenvalue weighted by Gasteiger charge is -2.11. The van der Waals surface area contributed by atoms with Gasteiger partial charge in [-0.05, 0) is 35.7 Å². The first-order valence-electron chi connectivity index (χ1n) is 6.80. The highest BCUT2D eigenvalue weighted by Crippen LogP contribution is 2.15. The number of sulfonamides is 1. The first-order chi connectivity index (χ1) is 10.4. The van der Waals surface area contributed by atoms with Crippen molar-refractivity contribution in [2.45, 2.75) is 18.7 Å². The van der Waals surface area contributed by atoms with Crippen LogP contribution in [0.4, 0.5) is 0 Å². The van der Waals surface area contributed by atoms with Gasteiger partial charge < -0.3 is 0 Å². The molecule has 2 rings (SSSR count). The summed E-state index contributed by atoms with van der Waals surface area (Å²) in [6.07, 6.45) is 0. The minimum Gasteiger partial charge on any atom is -0.200 e. The van der Waals surface area contributed by atoms with Crippen LogP contribution in [0.5, 0.6) is 0 Å². The minimum atomic E-state index is -3.67. The molecule has 0 spiro atoms. The summed E-state index contributed by atoms with van der Waals surface area (Å²) in [6.45, 7) is 3.94. The van der Waals surface area contributed by atoms with Crippen LogP contribution in [0.15, 0.2) is 69.1 Å². The van der Waals surface area contributed by atoms with Crippen LogP contribution in [0.2, 0.25) is 0 Å². The molecule has 0 saturated carbocycles. The molecule has 0 unspecified atom stereocenters. The topological polar surface area (TPSA) is 58.5 Å². The van der Waals surface area contributed by atoms with Gasteiger partial charge in [-0.15, -0.1) is 0 Å². The predicted molar refractivity (Wildman–Crippen MR) is 92.3 cm³/mol. The number of nitrogens with zero attached hydrogens (tertiary/aromatic N) is 1. The van der Waals surface area contributed by atoms with Gasteiger partial charge in [-0.2, -0.15) is 18.4 Å². The number of nitrogens with one attached hydrogen (secondary N) is 1. The van der Waals surface area contributed by atoms with E-state index in [0.29, 0.717) is 5.71 Å². The van der Waals surface area contributed by atoms with Crippen molar-refractivity contribution in [2.75, 3.05) is 0 Å². The van der Waals surface area contributed by atoms with Crippen LogP contribution in [0.3, 0.4) is 0 Å². The third kappa shape index (κ3) is 4.18. The number of hydrogen-bond donors (Lipinski definition) is 1. The summed E-state index contributed by atoms with van der Waals surface area (Å²) in [5.41, 5.74) is 1.59. The Morgan fingerprint density at radius 1 is 1.05 bits per heavy atom. The van der Waals surface area contributed by atoms with Gasteiger partial charge >= 0.3 is 0 Å². The van der Waals surface area contributed by atoms with Gasteiger partial charge in [0.1, 0.15) is 0 Å². The van der Waals surface area contributed by atoms with Crippen LogP contribution >= 0.6 is 15.9 Å². The SMILES string of the molecule is CC(C)/C(=N/NS(=O)(=O)c1ccc(Br)cc1)c1ccccc1. The van der Waals surface area contributed by atoms with Crippen LogP contribution in [-0.4, -0.2) is 14.1 Å². The molecule has 0 atom stereocenters. The maximum absolute atomic E-state index is 12.3. The highest BCUT2D eigenvalue weighted by molar-refractivity contribution is 9.10. The van der Waals surface area contributed by atoms with Crippen LogP contribution in [0.25, 0.3) is 0 Å². The van der Waals surface area contributed by atoms with Crippen molar-refractivity contribution in [3.63, 3.8) is 0 Å². The number of hydrogen-bond acceptors (Lipinski definition) is 3. The Labute approximate surface area is 139 Å². The second kappa shape index (κ2) is 7.07. The minimum absolute atomic E-state index is 0.0926. The van der Waals surface area contributed by atoms with Crippen LogP contribution in [-0.2, 0) is 10.0 Å². The standard InChI is InChI=1S/C16H17BrN2O2S/c1-12(2)16(13-6-4-3-5-7-13)18-19-22(20,21)15-10-8-14(17)9-11-15/h3-12,19H,1-2H3/b18-16-. The second-order valence-electron chi connectivity index (χ2n) is 5.07. The molecule has 0 aliphatic heterocycles. The fourth-order valence-electron chi connectivity index (χ4n) is 1.91. The molecule has 0 aromatic heterocycles. The van der Waals surface area contributed by atoms with Gasteiger partial charge in [-0.3, -0.25) is 0 Å². The summed E-state index contributed by atoms with van der Waals surface area (Å²) < 4.78 is 25.4. The third-order valence-corrected chi connectivity index (χ3v) is 4.78. The summed E-state index contributed by atoms with van der Waals surface area (Å²) in [6, 6.07) is 15.9. The molecule has 0 amide bonds. The molecule has 0 aliphatic rings. The van der Waals surface area contributed by atoms with E-state index in [0.717, 1.165) is 10.0 Å². The van der Waals surface area contributed by atoms with Crippen molar-refractivity contribution in [1.29, 1.82) is 0 Å². The summed E-state index contributed by atoms with van der Waals surface area (Å²) in [7, 11) is -3.67. The molecular weight excluding hydrogens is 364 g/mol. The summed E-state index contributed by atoms with van der Waals surface area (Å²) in [5, 5.41) is 4.13. The lowest BCUT2D eigenvalue weighted by molar-refractivity contribution is 0.584. The van der Waals surface area contributed by atoms with E-state index in [9.17, 15) is 8.42 Å². The van der Waals surface area contributed by atoms with Gasteiger partial charge in [-0.25, -0.2) is 0 Å². The van der Waals surface area contributed by atoms with E-state index in [1.54, 1.807) is 12.1 Å². The van der Waals surface area contributed by atoms with Crippen molar-refractivity contribution < 1.29 is 8.42 Å². The molecule has 4 nitrogen and oxygen atoms in total. The average Bonchev–Trinajstić information content (AvgIpc) is 2.48. The molecule has 0 heterocycles. The monoisotopic (exact) mass is 380 g/mol. The molecule has 2 aromatic rings. The zero-order valence-electron chi connectivity index (χ0n) is 12.3. The van der Waals surface area contributed by atoms with E-state index < -0.39 is 10.0 Å². The van der Waals surface area contributed by atoms with Gasteiger partial charge in [0.25, 0.3) is 10.0 Å². The quantitative estimate of drug-likeness (QED) is 0.633. The van der Waals surface area contributed by atoms with E-state index in [2.05, 4.69) is 25.9 Å². The van der Waals surface area contributed by atoms with Crippen molar-refractivity contribution >= 4 is 31.7 Å². The Morgan fingerprint density at radius 2 is 1.64 bits per heavy atom. The molecule has 0 aliphatic carbocycles. The third-order valence-electron chi connectivity index (χ3n) is 3.03. The first-order valence-corrected chi connectivity index (χ1v) is 9.08. The van der Waals surface area contributed by atoms with Crippen LogP contribution in [0.1, 0.15) is 19.4 Å². The van der Waals surface area contributed by atoms with E-state index >= 15 is 0 Å². The number of halogens is 1. The molecule has 0 saturated heterocycles. The maximum Gasteiger partial charge on any atom is 0.276 e. The van der Waals surface area contributed by atoms with Gasteiger partial charge in [0.2, 0.25) is 0 Å². The van der Waals surface area contributed by atoms with Crippen molar-refractivity contribution in [3.05, 3.63) is 64.6 Å². The normalized spacial score (nSPS) is 12.5. The predicted octanol–water partition coefficient (Wildman–Crippen LogP) is 3.79. The molecule has 0 bridgehead atoms. The molecule has 2 aromatic carbocycles. The van der Waals surface area contributed by atoms with Gasteiger partial charge in [0.05, 0.1) is 10.6 Å². The first kappa shape index (κ1) is 16.7. The molecule has 0 radical (unpaired) electrons. The van der Waals surface area contributed by atoms with E-state index in [-0.39, 0.29) is 10.8 Å². The number of rotatable bonds is 5. The molecule has 116 valence electrons. The molecule has 22 heavy (non-hydrogen) atoms. The molecule has 0 fully saturated rings. The second-order valence-corrected chi connectivity index (χ2v) is 7.64. The van der Waals surface area contributed by atoms with Gasteiger partial charge in [0, 0.05) is 4.47 Å². The fourth-order valence-corrected chi connectivity index (χ4v) is 2.99. The Kier molecular flexibility index (Phi) is 5.37. The van der Waals surface area contributed by atoms with Crippen molar-refractivity contribution in [2.24, 2.45) is 11.0 Å². The maximum atomic E-state index is 12.3. The highest BCUT2D eigenvalue weighted by atomic mass is 79.9. The van der Waals surface area contributed by atoms with Crippen molar-refractivity contribution in [3.8, 4) is 0 Å². The summed E-state index contributed by atoms with van der Waals surface area (Å²) in [4.78, 5) is 2.50. The zero-order chi connectivity index (χ0) is 16.2. The lowest BCUT2D eigenvalue weighted by Crippen LogP contribution is -2.22. The Bertz CT molecular complexity index is 754. The molecule has 1 N–H and O–H groups in total.